The van der Waals surface area contributed by atoms with Crippen LogP contribution in [0.1, 0.15) is 18.4 Å². The monoisotopic (exact) mass is 376 g/mol. The summed E-state index contributed by atoms with van der Waals surface area (Å²) in [4.78, 5) is 2.86. The molecule has 0 bridgehead atoms. The number of thioether (sulfide) groups is 1. The summed E-state index contributed by atoms with van der Waals surface area (Å²) < 4.78 is 14.6. The molecular formula is C14H18BrFN2S2. The number of piperidine rings is 1. The molecule has 1 aromatic carbocycles. The minimum Gasteiger partial charge on any atom is -0.392 e. The molecule has 0 unspecified atom stereocenters. The second-order valence-corrected chi connectivity index (χ2v) is 7.62. The van der Waals surface area contributed by atoms with Gasteiger partial charge in [-0.3, -0.25) is 4.90 Å². The van der Waals surface area contributed by atoms with Gasteiger partial charge in [0.2, 0.25) is 0 Å². The fourth-order valence-corrected chi connectivity index (χ4v) is 4.18. The third kappa shape index (κ3) is 3.53. The lowest BCUT2D eigenvalue weighted by Crippen LogP contribution is -2.49. The number of nitrogens with zero attached hydrogens (tertiary/aromatic N) is 1. The summed E-state index contributed by atoms with van der Waals surface area (Å²) in [6.07, 6.45) is 3.92. The van der Waals surface area contributed by atoms with Crippen LogP contribution < -0.4 is 5.73 Å². The van der Waals surface area contributed by atoms with Crippen LogP contribution in [0.25, 0.3) is 0 Å². The van der Waals surface area contributed by atoms with Crippen LogP contribution in [0.2, 0.25) is 0 Å². The first-order valence-electron chi connectivity index (χ1n) is 6.48. The van der Waals surface area contributed by atoms with Crippen molar-refractivity contribution in [3.8, 4) is 0 Å². The molecular weight excluding hydrogens is 359 g/mol. The van der Waals surface area contributed by atoms with Crippen LogP contribution in [0.15, 0.2) is 22.7 Å². The maximum Gasteiger partial charge on any atom is 0.127 e. The van der Waals surface area contributed by atoms with Gasteiger partial charge in [0.1, 0.15) is 5.82 Å². The third-order valence-corrected chi connectivity index (χ3v) is 6.33. The van der Waals surface area contributed by atoms with E-state index in [-0.39, 0.29) is 10.6 Å². The Labute approximate surface area is 137 Å². The van der Waals surface area contributed by atoms with Crippen LogP contribution in [0.4, 0.5) is 4.39 Å². The van der Waals surface area contributed by atoms with E-state index in [0.717, 1.165) is 36.0 Å². The highest BCUT2D eigenvalue weighted by Crippen LogP contribution is 2.35. The van der Waals surface area contributed by atoms with Crippen molar-refractivity contribution < 1.29 is 4.39 Å². The van der Waals surface area contributed by atoms with Crippen LogP contribution in [-0.4, -0.2) is 34.0 Å². The molecule has 2 nitrogen and oxygen atoms in total. The zero-order valence-corrected chi connectivity index (χ0v) is 14.6. The maximum atomic E-state index is 13.8. The van der Waals surface area contributed by atoms with E-state index in [1.165, 1.54) is 6.07 Å². The molecule has 6 heteroatoms. The van der Waals surface area contributed by atoms with Crippen molar-refractivity contribution in [2.45, 2.75) is 24.1 Å². The first-order valence-corrected chi connectivity index (χ1v) is 8.91. The van der Waals surface area contributed by atoms with Gasteiger partial charge in [0.15, 0.2) is 0 Å². The van der Waals surface area contributed by atoms with E-state index in [1.807, 2.05) is 6.07 Å². The normalized spacial score (nSPS) is 18.9. The maximum absolute atomic E-state index is 13.8. The highest BCUT2D eigenvalue weighted by atomic mass is 79.9. The lowest BCUT2D eigenvalue weighted by atomic mass is 9.95. The molecule has 1 aliphatic heterocycles. The molecule has 0 spiro atoms. The number of likely N-dealkylation sites (tertiary alicyclic amines) is 1. The summed E-state index contributed by atoms with van der Waals surface area (Å²) in [7, 11) is 0. The van der Waals surface area contributed by atoms with Gasteiger partial charge in [-0.1, -0.05) is 28.1 Å². The van der Waals surface area contributed by atoms with E-state index in [4.69, 9.17) is 18.0 Å². The summed E-state index contributed by atoms with van der Waals surface area (Å²) in [5, 5.41) is 0. The molecule has 0 saturated carbocycles. The minimum atomic E-state index is -0.149. The largest absolute Gasteiger partial charge is 0.392 e. The molecule has 1 aromatic rings. The number of nitrogens with two attached hydrogens (primary N) is 1. The minimum absolute atomic E-state index is 0.0817. The molecule has 1 saturated heterocycles. The second-order valence-electron chi connectivity index (χ2n) is 5.07. The van der Waals surface area contributed by atoms with Crippen molar-refractivity contribution in [3.63, 3.8) is 0 Å². The van der Waals surface area contributed by atoms with Crippen LogP contribution >= 0.6 is 39.9 Å². The van der Waals surface area contributed by atoms with Gasteiger partial charge in [-0.05, 0) is 37.3 Å². The number of benzene rings is 1. The zero-order chi connectivity index (χ0) is 14.8. The Morgan fingerprint density at radius 1 is 1.50 bits per heavy atom. The quantitative estimate of drug-likeness (QED) is 0.813. The first kappa shape index (κ1) is 16.2. The number of rotatable bonds is 4. The molecule has 0 atom stereocenters. The van der Waals surface area contributed by atoms with E-state index in [1.54, 1.807) is 17.8 Å². The summed E-state index contributed by atoms with van der Waals surface area (Å²) >= 11 is 10.3. The van der Waals surface area contributed by atoms with Gasteiger partial charge in [0.25, 0.3) is 0 Å². The SMILES string of the molecule is CSC1(C(N)=S)CCN(Cc2cc(Br)ccc2F)CC1. The van der Waals surface area contributed by atoms with Crippen molar-refractivity contribution in [2.24, 2.45) is 5.73 Å². The Kier molecular flexibility index (Phi) is 5.45. The zero-order valence-electron chi connectivity index (χ0n) is 11.4. The average molecular weight is 377 g/mol. The van der Waals surface area contributed by atoms with E-state index in [2.05, 4.69) is 27.1 Å². The predicted molar refractivity (Wildman–Crippen MR) is 91.6 cm³/mol. The van der Waals surface area contributed by atoms with Crippen LogP contribution in [0.3, 0.4) is 0 Å². The van der Waals surface area contributed by atoms with Crippen molar-refractivity contribution in [1.29, 1.82) is 0 Å². The third-order valence-electron chi connectivity index (χ3n) is 3.91. The number of hydrogen-bond donors (Lipinski definition) is 1. The van der Waals surface area contributed by atoms with Crippen LogP contribution in [-0.2, 0) is 6.54 Å². The van der Waals surface area contributed by atoms with Crippen LogP contribution in [0, 0.1) is 5.82 Å². The van der Waals surface area contributed by atoms with Gasteiger partial charge in [0.05, 0.1) is 9.74 Å². The summed E-state index contributed by atoms with van der Waals surface area (Å²) in [5.41, 5.74) is 6.61. The second kappa shape index (κ2) is 6.73. The van der Waals surface area contributed by atoms with Crippen molar-refractivity contribution in [3.05, 3.63) is 34.1 Å². The molecule has 2 rings (SSSR count). The summed E-state index contributed by atoms with van der Waals surface area (Å²) in [6.45, 7) is 2.42. The molecule has 0 aliphatic carbocycles. The molecule has 0 radical (unpaired) electrons. The Morgan fingerprint density at radius 2 is 2.15 bits per heavy atom. The summed E-state index contributed by atoms with van der Waals surface area (Å²) in [6, 6.07) is 5.07. The Balaban J connectivity index is 2.01. The highest BCUT2D eigenvalue weighted by Gasteiger charge is 2.36. The van der Waals surface area contributed by atoms with Crippen molar-refractivity contribution in [2.75, 3.05) is 19.3 Å². The fraction of sp³-hybridized carbons (Fsp3) is 0.500. The number of halogens is 2. The molecule has 1 fully saturated rings. The van der Waals surface area contributed by atoms with Gasteiger partial charge < -0.3 is 5.73 Å². The number of thiocarbonyl (C=S) groups is 1. The molecule has 0 aromatic heterocycles. The molecule has 1 heterocycles. The lowest BCUT2D eigenvalue weighted by molar-refractivity contribution is 0.210. The first-order chi connectivity index (χ1) is 9.47. The molecule has 1 aliphatic rings. The molecule has 0 amide bonds. The van der Waals surface area contributed by atoms with Crippen LogP contribution in [0.5, 0.6) is 0 Å². The van der Waals surface area contributed by atoms with Crippen molar-refractivity contribution >= 4 is 44.9 Å². The van der Waals surface area contributed by atoms with E-state index in [9.17, 15) is 4.39 Å². The summed E-state index contributed by atoms with van der Waals surface area (Å²) in [5.74, 6) is -0.149. The lowest BCUT2D eigenvalue weighted by Gasteiger charge is -2.40. The molecule has 110 valence electrons. The van der Waals surface area contributed by atoms with E-state index < -0.39 is 0 Å². The van der Waals surface area contributed by atoms with E-state index in [0.29, 0.717) is 11.5 Å². The topological polar surface area (TPSA) is 29.3 Å². The smallest absolute Gasteiger partial charge is 0.127 e. The van der Waals surface area contributed by atoms with Crippen molar-refractivity contribution in [1.82, 2.24) is 4.90 Å². The standard InChI is InChI=1S/C14H18BrFN2S2/c1-20-14(13(17)19)4-6-18(7-5-14)9-10-8-11(15)2-3-12(10)16/h2-3,8H,4-7,9H2,1H3,(H2,17,19). The van der Waals surface area contributed by atoms with Gasteiger partial charge >= 0.3 is 0 Å². The predicted octanol–water partition coefficient (Wildman–Crippen LogP) is 3.57. The Hall–Kier alpha value is -0.170. The molecule has 20 heavy (non-hydrogen) atoms. The highest BCUT2D eigenvalue weighted by molar-refractivity contribution is 9.10. The van der Waals surface area contributed by atoms with Gasteiger partial charge in [-0.15, -0.1) is 0 Å². The fourth-order valence-electron chi connectivity index (χ4n) is 2.53. The molecule has 2 N–H and O–H groups in total. The van der Waals surface area contributed by atoms with E-state index >= 15 is 0 Å². The van der Waals surface area contributed by atoms with Gasteiger partial charge in [-0.25, -0.2) is 4.39 Å². The average Bonchev–Trinajstić information content (AvgIpc) is 2.43. The van der Waals surface area contributed by atoms with Gasteiger partial charge in [-0.2, -0.15) is 11.8 Å². The number of hydrogen-bond acceptors (Lipinski definition) is 3. The van der Waals surface area contributed by atoms with Gasteiger partial charge in [0, 0.05) is 29.7 Å². The Morgan fingerprint density at radius 3 is 2.70 bits per heavy atom. The Bertz CT molecular complexity index is 502.